The van der Waals surface area contributed by atoms with E-state index in [0.29, 0.717) is 35.0 Å². The molecule has 16 heteroatoms. The molecule has 4 aromatic carbocycles. The molecule has 12 rings (SSSR count). The van der Waals surface area contributed by atoms with E-state index in [0.717, 1.165) is 55.5 Å². The van der Waals surface area contributed by atoms with Crippen molar-refractivity contribution in [3.05, 3.63) is 93.0 Å². The molecule has 0 aromatic heterocycles. The van der Waals surface area contributed by atoms with Gasteiger partial charge < -0.3 is 37.9 Å². The second-order valence-corrected chi connectivity index (χ2v) is 23.2. The predicted octanol–water partition coefficient (Wildman–Crippen LogP) is 15.0. The fourth-order valence-electron chi connectivity index (χ4n) is 11.6. The summed E-state index contributed by atoms with van der Waals surface area (Å²) in [5.41, 5.74) is -1.69. The number of rotatable bonds is 18. The molecule has 4 fully saturated rings. The minimum Gasteiger partial charge on any atom is -0.493 e. The fourth-order valence-corrected chi connectivity index (χ4v) is 11.6. The summed E-state index contributed by atoms with van der Waals surface area (Å²) in [5, 5.41) is 0. The van der Waals surface area contributed by atoms with Crippen molar-refractivity contribution >= 4 is 23.1 Å². The van der Waals surface area contributed by atoms with Crippen LogP contribution in [-0.2, 0) is 44.7 Å². The van der Waals surface area contributed by atoms with Crippen LogP contribution in [0.25, 0.3) is 0 Å². The van der Waals surface area contributed by atoms with Gasteiger partial charge in [0, 0.05) is 175 Å². The average molecular weight is 1380 g/mol. The number of carbonyl (C=O) groups excluding carboxylic acids is 4. The van der Waals surface area contributed by atoms with Crippen molar-refractivity contribution in [3.8, 4) is 46.0 Å². The van der Waals surface area contributed by atoms with Crippen LogP contribution in [0.5, 0.6) is 46.0 Å². The molecule has 16 nitrogen and oxygen atoms in total. The van der Waals surface area contributed by atoms with Crippen molar-refractivity contribution in [1.82, 2.24) is 19.6 Å². The summed E-state index contributed by atoms with van der Waals surface area (Å²) in [7, 11) is -6.91. The Kier molecular flexibility index (Phi) is 12.0. The number of aryl methyl sites for hydroxylation is 3. The van der Waals surface area contributed by atoms with Crippen LogP contribution in [0.2, 0.25) is 0 Å². The summed E-state index contributed by atoms with van der Waals surface area (Å²) in [6.07, 6.45) is -29.8. The lowest BCUT2D eigenvalue weighted by Gasteiger charge is -2.43. The predicted molar refractivity (Wildman–Crippen MR) is 383 cm³/mol. The Bertz CT molecular complexity index is 5580. The van der Waals surface area contributed by atoms with E-state index >= 15 is 0 Å². The number of carbonyl (C=O) groups is 4. The van der Waals surface area contributed by atoms with Crippen LogP contribution in [-0.4, -0.2) is 151 Å². The average Bonchev–Trinajstić information content (AvgIpc) is 0.669. The maximum Gasteiger partial charge on any atom is 0.161 e. The van der Waals surface area contributed by atoms with Gasteiger partial charge in [0.1, 0.15) is 23.1 Å². The van der Waals surface area contributed by atoms with Crippen molar-refractivity contribution in [2.45, 2.75) is 184 Å². The Morgan fingerprint density at radius 1 is 0.490 bits per heavy atom. The molecule has 0 aliphatic carbocycles. The van der Waals surface area contributed by atoms with E-state index < -0.39 is 256 Å². The minimum atomic E-state index is -4.11. The lowest BCUT2D eigenvalue weighted by molar-refractivity contribution is -0.130. The normalized spacial score (nSPS) is 42.5. The third kappa shape index (κ3) is 17.6. The first-order valence-electron chi connectivity index (χ1n) is 55.4. The summed E-state index contributed by atoms with van der Waals surface area (Å²) < 4.78 is 459. The van der Waals surface area contributed by atoms with Crippen LogP contribution in [0.4, 0.5) is 0 Å². The highest BCUT2D eigenvalue weighted by Crippen LogP contribution is 2.48. The standard InChI is InChI=1S/2C20H29NO3.2C19H27NO3.2CH4/c2*1-5-13(2)8-15-12-21-7-6-14-9-19(23-3)20(24-4)10-16(14)17(21)11-18(15)22;2*1-12(2)7-14-11-20-6-5-13-8-18(22-3)19(23-4)9-15(13)16(20)10-17(14)21;;/h2*9-10,13,15,17H,5-8,11-12H2,1-4H3;2*8-9,12,14,16H,5-7,10-11H2,1-4H3;2*1H4/i2D3,3D3,5D2,8D2,11D2,12D2,13D,15D;2D3,3D3,5D2,6D2,7D2,8D2,13D,17D;3D3,5D2,6D2,10D2,14D,16D;3D3,5D2,6D2,16D;;. The van der Waals surface area contributed by atoms with Gasteiger partial charge in [0.2, 0.25) is 0 Å². The summed E-state index contributed by atoms with van der Waals surface area (Å²) in [6, 6.07) is -0.293. The number of Topliss-reactive ketones (excluding diaryl/α,β-unsaturated/α-hetero) is 4. The summed E-state index contributed by atoms with van der Waals surface area (Å²) in [4.78, 5) is 56.4. The molecule has 0 saturated carbocycles. The number of ether oxygens (including phenoxy) is 8. The van der Waals surface area contributed by atoms with Gasteiger partial charge in [0.05, 0.1) is 77.2 Å². The molecule has 0 amide bonds. The minimum absolute atomic E-state index is 0. The van der Waals surface area contributed by atoms with E-state index in [1.54, 1.807) is 13.8 Å². The Balaban J connectivity index is 0.000000265. The molecule has 10 unspecified atom stereocenters. The quantitative estimate of drug-likeness (QED) is 0.0926. The van der Waals surface area contributed by atoms with Gasteiger partial charge in [0.25, 0.3) is 0 Å². The number of piperidine rings is 4. The molecule has 8 heterocycles. The second-order valence-electron chi connectivity index (χ2n) is 23.2. The molecular weight excluding hydrogens is 1210 g/mol. The number of benzene rings is 4. The fraction of sp³-hybridized carbons (Fsp3) is 0.650. The zero-order chi connectivity index (χ0) is 112. The molecule has 532 valence electrons. The van der Waals surface area contributed by atoms with E-state index in [-0.39, 0.29) is 121 Å². The Morgan fingerprint density at radius 3 is 1.34 bits per heavy atom. The topological polar surface area (TPSA) is 155 Å². The van der Waals surface area contributed by atoms with Gasteiger partial charge in [-0.1, -0.05) is 82.8 Å². The van der Waals surface area contributed by atoms with Gasteiger partial charge in [-0.2, -0.15) is 0 Å². The third-order valence-corrected chi connectivity index (χ3v) is 16.2. The second kappa shape index (κ2) is 35.0. The molecule has 0 radical (unpaired) electrons. The number of hydrogen-bond acceptors (Lipinski definition) is 16. The molecule has 8 aliphatic heterocycles. The number of hydrogen-bond donors (Lipinski definition) is 0. The number of ketones is 4. The maximum absolute atomic E-state index is 13.8. The number of methoxy groups -OCH3 is 8. The van der Waals surface area contributed by atoms with Crippen molar-refractivity contribution in [2.75, 3.05) is 109 Å². The number of fused-ring (bicyclic) bond motifs is 12. The maximum atomic E-state index is 13.8. The van der Waals surface area contributed by atoms with Crippen molar-refractivity contribution in [3.63, 3.8) is 0 Å². The monoisotopic (exact) mass is 1380 g/mol. The van der Waals surface area contributed by atoms with Gasteiger partial charge in [-0.05, 0) is 168 Å². The third-order valence-electron chi connectivity index (χ3n) is 16.2. The smallest absolute Gasteiger partial charge is 0.161 e. The van der Waals surface area contributed by atoms with Gasteiger partial charge in [-0.25, -0.2) is 0 Å². The molecule has 96 heavy (non-hydrogen) atoms. The SMILES string of the molecule is C.C.[2H]C([2H])([2H])Oc1cc2c(cc1OC)C1([2H])CC(=O)C(C([2H])([2H])C([2H])(C([2H])([2H])[2H])C([2H])([2H])C)CN1C([2H])([2H])C2([2H])[2H].[2H]C([2H])([2H])Oc1cc2c(cc1OC)C1([2H])CC(=O)C(CC(C)C)CN1C([2H])([2H])C2([2H])[2H].[2H]C([2H])([2H])Oc1cc2c(cc1OC)C1([2H])N(CC([2H])(CC(C)C)C(=O)C1([2H])[2H])C([2H])([2H])C2([2H])[2H].[2H]C([2H])([2H])Oc1cc2c(cc1OC)C1N(CC2)C([2H])([2H])C([2H])(C([2H])([2H])C([2H])(C([2H])([2H])[2H])C([2H])([2H])C)C(=O)C1([2H])[2H]. The van der Waals surface area contributed by atoms with Gasteiger partial charge in [-0.3, -0.25) is 38.8 Å². The highest BCUT2D eigenvalue weighted by Gasteiger charge is 2.43. The van der Waals surface area contributed by atoms with Gasteiger partial charge >= 0.3 is 0 Å². The highest BCUT2D eigenvalue weighted by molar-refractivity contribution is 5.85. The van der Waals surface area contributed by atoms with Gasteiger partial charge in [-0.15, -0.1) is 0 Å². The molecule has 0 spiro atoms. The van der Waals surface area contributed by atoms with E-state index in [2.05, 4.69) is 0 Å². The van der Waals surface area contributed by atoms with Crippen molar-refractivity contribution in [1.29, 1.82) is 0 Å². The Labute approximate surface area is 648 Å². The summed E-state index contributed by atoms with van der Waals surface area (Å²) >= 11 is 0. The van der Waals surface area contributed by atoms with E-state index in [4.69, 9.17) is 106 Å². The molecule has 0 bridgehead atoms. The molecule has 0 N–H and O–H groups in total. The first-order chi connectivity index (χ1) is 64.5. The molecular formula is C80H120N4O12. The van der Waals surface area contributed by atoms with Crippen LogP contribution < -0.4 is 37.9 Å². The molecule has 4 saturated heterocycles. The van der Waals surface area contributed by atoms with Gasteiger partial charge in [0.15, 0.2) is 46.0 Å². The molecule has 8 aliphatic rings. The van der Waals surface area contributed by atoms with Crippen molar-refractivity contribution < 1.29 is 127 Å². The summed E-state index contributed by atoms with van der Waals surface area (Å²) in [5.74, 6) is -22.8. The molecule has 4 aromatic rings. The van der Waals surface area contributed by atoms with E-state index in [9.17, 15) is 20.5 Å². The van der Waals surface area contributed by atoms with E-state index in [1.165, 1.54) is 26.4 Å². The lowest BCUT2D eigenvalue weighted by Crippen LogP contribution is -2.46. The highest BCUT2D eigenvalue weighted by atomic mass is 16.5. The zero-order valence-corrected chi connectivity index (χ0v) is 53.6. The van der Waals surface area contributed by atoms with Crippen molar-refractivity contribution in [2.24, 2.45) is 47.2 Å². The van der Waals surface area contributed by atoms with E-state index in [1.807, 2.05) is 13.8 Å². The largest absolute Gasteiger partial charge is 0.493 e. The number of nitrogens with zero attached hydrogens (tertiary/aromatic N) is 4. The Morgan fingerprint density at radius 2 is 0.896 bits per heavy atom. The molecule has 10 atom stereocenters. The van der Waals surface area contributed by atoms with Crippen LogP contribution in [0, 0.1) is 47.2 Å². The van der Waals surface area contributed by atoms with Crippen LogP contribution in [0.15, 0.2) is 48.5 Å². The first kappa shape index (κ1) is 32.9. The lowest BCUT2D eigenvalue weighted by atomic mass is 9.79. The van der Waals surface area contributed by atoms with Crippen LogP contribution >= 0.6 is 0 Å². The zero-order valence-electron chi connectivity index (χ0n) is 105. The van der Waals surface area contributed by atoms with Crippen LogP contribution in [0.1, 0.15) is 273 Å². The summed E-state index contributed by atoms with van der Waals surface area (Å²) in [6.45, 7) is -13.4. The first-order valence-corrected chi connectivity index (χ1v) is 29.9. The van der Waals surface area contributed by atoms with Crippen LogP contribution in [0.3, 0.4) is 0 Å². The Hall–Kier alpha value is -6.20.